The maximum Gasteiger partial charge on any atom is 0.336 e. The van der Waals surface area contributed by atoms with Gasteiger partial charge < -0.3 is 10.6 Å². The minimum atomic E-state index is -0.597. The summed E-state index contributed by atoms with van der Waals surface area (Å²) >= 11 is 4.18. The minimum absolute atomic E-state index is 0.0479. The van der Waals surface area contributed by atoms with Gasteiger partial charge in [-0.25, -0.2) is 13.5 Å². The van der Waals surface area contributed by atoms with Gasteiger partial charge in [0.25, 0.3) is 5.91 Å². The second-order valence-corrected chi connectivity index (χ2v) is 5.86. The van der Waals surface area contributed by atoms with E-state index >= 15 is 0 Å². The molecule has 3 amide bonds. The molecule has 0 saturated heterocycles. The summed E-state index contributed by atoms with van der Waals surface area (Å²) in [5.41, 5.74) is 1.44. The van der Waals surface area contributed by atoms with Crippen LogP contribution >= 0.6 is 12.8 Å². The van der Waals surface area contributed by atoms with Gasteiger partial charge in [-0.2, -0.15) is 0 Å². The van der Waals surface area contributed by atoms with E-state index in [1.807, 2.05) is 0 Å². The van der Waals surface area contributed by atoms with Crippen LogP contribution in [-0.4, -0.2) is 16.9 Å². The Hall–Kier alpha value is -3.39. The maximum atomic E-state index is 13.7. The molecule has 136 valence electrons. The Bertz CT molecular complexity index is 951. The Kier molecular flexibility index (Phi) is 5.68. The van der Waals surface area contributed by atoms with Crippen LogP contribution in [0.3, 0.4) is 0 Å². The number of pyridine rings is 1. The van der Waals surface area contributed by atoms with Crippen LogP contribution in [0.1, 0.15) is 10.4 Å². The van der Waals surface area contributed by atoms with E-state index in [1.54, 1.807) is 48.7 Å². The Balaban J connectivity index is 1.65. The zero-order valence-electron chi connectivity index (χ0n) is 14.0. The van der Waals surface area contributed by atoms with Crippen molar-refractivity contribution in [2.45, 2.75) is 0 Å². The highest BCUT2D eigenvalue weighted by Crippen LogP contribution is 2.21. The Morgan fingerprint density at radius 2 is 1.67 bits per heavy atom. The third-order valence-electron chi connectivity index (χ3n) is 3.59. The third-order valence-corrected chi connectivity index (χ3v) is 4.01. The Morgan fingerprint density at radius 3 is 2.33 bits per heavy atom. The van der Waals surface area contributed by atoms with Crippen LogP contribution in [0.15, 0.2) is 73.1 Å². The van der Waals surface area contributed by atoms with Crippen molar-refractivity contribution in [3.8, 4) is 0 Å². The summed E-state index contributed by atoms with van der Waals surface area (Å²) in [5, 5.41) is 5.25. The minimum Gasteiger partial charge on any atom is -0.322 e. The molecule has 0 saturated carbocycles. The van der Waals surface area contributed by atoms with Crippen molar-refractivity contribution in [3.05, 3.63) is 84.4 Å². The number of amides is 3. The summed E-state index contributed by atoms with van der Waals surface area (Å²) in [4.78, 5) is 28.2. The Labute approximate surface area is 160 Å². The number of carbonyl (C=O) groups is 2. The van der Waals surface area contributed by atoms with Crippen LogP contribution in [0, 0.1) is 5.82 Å². The molecule has 2 N–H and O–H groups in total. The van der Waals surface area contributed by atoms with E-state index < -0.39 is 17.8 Å². The van der Waals surface area contributed by atoms with Crippen LogP contribution in [-0.2, 0) is 0 Å². The number of halogens is 1. The first-order chi connectivity index (χ1) is 13.0. The molecule has 0 aliphatic carbocycles. The number of aromatic nitrogens is 1. The number of carbonyl (C=O) groups excluding carboxylic acids is 2. The second-order valence-electron chi connectivity index (χ2n) is 5.46. The van der Waals surface area contributed by atoms with Crippen LogP contribution < -0.4 is 14.9 Å². The van der Waals surface area contributed by atoms with E-state index in [1.165, 1.54) is 24.4 Å². The summed E-state index contributed by atoms with van der Waals surface area (Å²) in [5.74, 6) is -1.15. The van der Waals surface area contributed by atoms with Crippen molar-refractivity contribution in [1.29, 1.82) is 0 Å². The molecule has 0 spiro atoms. The first kappa shape index (κ1) is 18.4. The predicted molar refractivity (Wildman–Crippen MR) is 106 cm³/mol. The van der Waals surface area contributed by atoms with Crippen molar-refractivity contribution in [2.24, 2.45) is 0 Å². The zero-order chi connectivity index (χ0) is 19.2. The number of nitrogens with zero attached hydrogens (tertiary/aromatic N) is 2. The predicted octanol–water partition coefficient (Wildman–Crippen LogP) is 4.36. The number of hydrogen-bond acceptors (Lipinski definition) is 4. The molecule has 27 heavy (non-hydrogen) atoms. The number of nitrogens with one attached hydrogen (secondary N) is 2. The van der Waals surface area contributed by atoms with Gasteiger partial charge in [0, 0.05) is 11.9 Å². The first-order valence-corrected chi connectivity index (χ1v) is 8.30. The molecule has 0 aliphatic rings. The van der Waals surface area contributed by atoms with Crippen molar-refractivity contribution in [3.63, 3.8) is 0 Å². The topological polar surface area (TPSA) is 74.3 Å². The molecule has 1 aromatic heterocycles. The fraction of sp³-hybridized carbons (Fsp3) is 0. The van der Waals surface area contributed by atoms with E-state index in [0.29, 0.717) is 17.1 Å². The maximum absolute atomic E-state index is 13.7. The molecule has 0 unspecified atom stereocenters. The summed E-state index contributed by atoms with van der Waals surface area (Å²) in [7, 11) is 0. The largest absolute Gasteiger partial charge is 0.336 e. The van der Waals surface area contributed by atoms with E-state index in [0.717, 1.165) is 4.31 Å². The van der Waals surface area contributed by atoms with Crippen LogP contribution in [0.25, 0.3) is 0 Å². The third kappa shape index (κ3) is 4.62. The highest BCUT2D eigenvalue weighted by Gasteiger charge is 2.14. The Morgan fingerprint density at radius 1 is 0.926 bits per heavy atom. The van der Waals surface area contributed by atoms with Crippen molar-refractivity contribution in [2.75, 3.05) is 14.9 Å². The molecule has 1 heterocycles. The van der Waals surface area contributed by atoms with Gasteiger partial charge in [0.2, 0.25) is 0 Å². The van der Waals surface area contributed by atoms with E-state index in [4.69, 9.17) is 0 Å². The number of anilines is 3. The summed E-state index contributed by atoms with van der Waals surface area (Å²) in [6.45, 7) is 0. The van der Waals surface area contributed by atoms with Gasteiger partial charge in [-0.15, -0.1) is 0 Å². The van der Waals surface area contributed by atoms with Crippen molar-refractivity contribution in [1.82, 2.24) is 4.98 Å². The lowest BCUT2D eigenvalue weighted by Crippen LogP contribution is -2.26. The number of hydrogen-bond donors (Lipinski definition) is 3. The molecule has 3 rings (SSSR count). The summed E-state index contributed by atoms with van der Waals surface area (Å²) < 4.78 is 14.8. The van der Waals surface area contributed by atoms with Crippen molar-refractivity contribution >= 4 is 41.8 Å². The average molecular weight is 382 g/mol. The van der Waals surface area contributed by atoms with Gasteiger partial charge >= 0.3 is 6.03 Å². The molecule has 6 nitrogen and oxygen atoms in total. The summed E-state index contributed by atoms with van der Waals surface area (Å²) in [6, 6.07) is 15.0. The molecule has 0 bridgehead atoms. The van der Waals surface area contributed by atoms with Gasteiger partial charge in [0.05, 0.1) is 23.1 Å². The molecule has 8 heteroatoms. The molecule has 3 aromatic rings. The molecule has 0 atom stereocenters. The van der Waals surface area contributed by atoms with Crippen molar-refractivity contribution < 1.29 is 14.0 Å². The van der Waals surface area contributed by atoms with Gasteiger partial charge in [-0.05, 0) is 48.5 Å². The summed E-state index contributed by atoms with van der Waals surface area (Å²) in [6.07, 6.45) is 3.11. The first-order valence-electron chi connectivity index (χ1n) is 7.90. The molecule has 0 radical (unpaired) electrons. The highest BCUT2D eigenvalue weighted by atomic mass is 32.1. The average Bonchev–Trinajstić information content (AvgIpc) is 2.69. The molecular formula is C19H15FN4O2S. The van der Waals surface area contributed by atoms with Gasteiger partial charge in [-0.1, -0.05) is 24.9 Å². The fourth-order valence-electron chi connectivity index (χ4n) is 2.26. The molecule has 0 fully saturated rings. The van der Waals surface area contributed by atoms with Gasteiger partial charge in [0.15, 0.2) is 0 Å². The standard InChI is InChI=1S/C19H15FN4O2S/c20-17-6-2-1-5-16(17)18(25)22-13-7-9-15(10-8-13)24(27)19(26)23-14-4-3-11-21-12-14/h1-12,27H,(H,22,25)(H,23,26). The number of thiol groups is 1. The fourth-order valence-corrected chi connectivity index (χ4v) is 2.44. The van der Waals surface area contributed by atoms with Crippen LogP contribution in [0.2, 0.25) is 0 Å². The molecular weight excluding hydrogens is 367 g/mol. The van der Waals surface area contributed by atoms with Crippen LogP contribution in [0.4, 0.5) is 26.2 Å². The lowest BCUT2D eigenvalue weighted by molar-refractivity contribution is 0.102. The lowest BCUT2D eigenvalue weighted by atomic mass is 10.2. The molecule has 2 aromatic carbocycles. The number of benzene rings is 2. The van der Waals surface area contributed by atoms with Gasteiger partial charge in [0.1, 0.15) is 5.82 Å². The highest BCUT2D eigenvalue weighted by molar-refractivity contribution is 7.82. The van der Waals surface area contributed by atoms with E-state index in [-0.39, 0.29) is 5.56 Å². The number of rotatable bonds is 4. The van der Waals surface area contributed by atoms with E-state index in [2.05, 4.69) is 28.4 Å². The monoisotopic (exact) mass is 382 g/mol. The smallest absolute Gasteiger partial charge is 0.322 e. The molecule has 0 aliphatic heterocycles. The quantitative estimate of drug-likeness (QED) is 0.587. The van der Waals surface area contributed by atoms with E-state index in [9.17, 15) is 14.0 Å². The van der Waals surface area contributed by atoms with Crippen LogP contribution in [0.5, 0.6) is 0 Å². The number of urea groups is 1. The normalized spacial score (nSPS) is 10.1. The second kappa shape index (κ2) is 8.33. The van der Waals surface area contributed by atoms with Gasteiger partial charge in [-0.3, -0.25) is 9.78 Å². The SMILES string of the molecule is O=C(Nc1ccc(N(S)C(=O)Nc2cccnc2)cc1)c1ccccc1F. The lowest BCUT2D eigenvalue weighted by Gasteiger charge is -2.17. The zero-order valence-corrected chi connectivity index (χ0v) is 14.9.